The van der Waals surface area contributed by atoms with Crippen LogP contribution in [0.1, 0.15) is 5.56 Å². The predicted octanol–water partition coefficient (Wildman–Crippen LogP) is 2.93. The third-order valence-electron chi connectivity index (χ3n) is 3.20. The second kappa shape index (κ2) is 7.72. The number of hydrogen-bond acceptors (Lipinski definition) is 6. The molecule has 1 aromatic heterocycles. The van der Waals surface area contributed by atoms with E-state index in [1.54, 1.807) is 5.32 Å². The molecule has 0 atom stereocenters. The van der Waals surface area contributed by atoms with E-state index in [-0.39, 0.29) is 4.68 Å². The van der Waals surface area contributed by atoms with Gasteiger partial charge in [0.2, 0.25) is 5.82 Å². The molecule has 0 fully saturated rings. The van der Waals surface area contributed by atoms with Crippen LogP contribution in [0.5, 0.6) is 0 Å². The number of hydrogen-bond donors (Lipinski definition) is 1. The van der Waals surface area contributed by atoms with Crippen molar-refractivity contribution in [2.24, 2.45) is 5.16 Å². The standard InChI is InChI=1S/C13H6F7N5O4/c1-29-22-3-5(26)23-12-4(25(27)28)2-21-24(12)11-9(16)7(14)6(13(18,19)20)8(15)10(11)17/h2-3H,1H3,(H,23,26). The van der Waals surface area contributed by atoms with Crippen LogP contribution in [-0.2, 0) is 15.8 Å². The second-order valence-corrected chi connectivity index (χ2v) is 4.93. The van der Waals surface area contributed by atoms with E-state index >= 15 is 0 Å². The van der Waals surface area contributed by atoms with Gasteiger partial charge in [-0.15, -0.1) is 0 Å². The summed E-state index contributed by atoms with van der Waals surface area (Å²) in [5.41, 5.74) is -5.83. The molecule has 0 aliphatic carbocycles. The number of carbonyl (C=O) groups excluding carboxylic acids is 1. The zero-order valence-corrected chi connectivity index (χ0v) is 13.7. The van der Waals surface area contributed by atoms with Crippen molar-refractivity contribution in [3.05, 3.63) is 45.1 Å². The molecule has 0 aliphatic heterocycles. The van der Waals surface area contributed by atoms with E-state index in [2.05, 4.69) is 15.1 Å². The van der Waals surface area contributed by atoms with E-state index in [0.29, 0.717) is 12.4 Å². The van der Waals surface area contributed by atoms with Crippen molar-refractivity contribution in [2.45, 2.75) is 6.18 Å². The molecule has 1 heterocycles. The number of rotatable bonds is 5. The van der Waals surface area contributed by atoms with Gasteiger partial charge in [0.15, 0.2) is 23.3 Å². The average molecular weight is 429 g/mol. The number of carbonyl (C=O) groups is 1. The van der Waals surface area contributed by atoms with Crippen molar-refractivity contribution in [3.63, 3.8) is 0 Å². The fourth-order valence-electron chi connectivity index (χ4n) is 2.06. The summed E-state index contributed by atoms with van der Waals surface area (Å²) in [6.45, 7) is 0. The highest BCUT2D eigenvalue weighted by Gasteiger charge is 2.43. The molecule has 0 spiro atoms. The van der Waals surface area contributed by atoms with Crippen molar-refractivity contribution < 1.29 is 45.3 Å². The largest absolute Gasteiger partial charge is 0.422 e. The number of amides is 1. The topological polar surface area (TPSA) is 112 Å². The maximum Gasteiger partial charge on any atom is 0.422 e. The van der Waals surface area contributed by atoms with Crippen molar-refractivity contribution in [3.8, 4) is 5.69 Å². The van der Waals surface area contributed by atoms with E-state index in [9.17, 15) is 45.6 Å². The maximum atomic E-state index is 14.2. The van der Waals surface area contributed by atoms with Crippen molar-refractivity contribution in [1.82, 2.24) is 9.78 Å². The van der Waals surface area contributed by atoms with Crippen LogP contribution in [0.15, 0.2) is 11.4 Å². The monoisotopic (exact) mass is 429 g/mol. The summed E-state index contributed by atoms with van der Waals surface area (Å²) in [5.74, 6) is -13.2. The number of aromatic nitrogens is 2. The SMILES string of the molecule is CON=CC(=O)Nc1c([N+](=O)[O-])cnn1-c1c(F)c(F)c(C(F)(F)F)c(F)c1F. The highest BCUT2D eigenvalue weighted by Crippen LogP contribution is 2.39. The van der Waals surface area contributed by atoms with Gasteiger partial charge in [-0.2, -0.15) is 18.3 Å². The third-order valence-corrected chi connectivity index (χ3v) is 3.20. The Morgan fingerprint density at radius 2 is 1.79 bits per heavy atom. The fraction of sp³-hybridized carbons (Fsp3) is 0.154. The van der Waals surface area contributed by atoms with Crippen LogP contribution in [0.25, 0.3) is 5.69 Å². The first-order valence-corrected chi connectivity index (χ1v) is 6.95. The number of nitrogens with one attached hydrogen (secondary N) is 1. The molecule has 0 radical (unpaired) electrons. The van der Waals surface area contributed by atoms with Crippen LogP contribution in [0.3, 0.4) is 0 Å². The second-order valence-electron chi connectivity index (χ2n) is 4.93. The zero-order chi connectivity index (χ0) is 22.1. The summed E-state index contributed by atoms with van der Waals surface area (Å²) in [4.78, 5) is 25.6. The Morgan fingerprint density at radius 3 is 2.24 bits per heavy atom. The molecular weight excluding hydrogens is 423 g/mol. The van der Waals surface area contributed by atoms with Crippen LogP contribution >= 0.6 is 0 Å². The molecule has 1 N–H and O–H groups in total. The smallest absolute Gasteiger partial charge is 0.399 e. The van der Waals surface area contributed by atoms with Gasteiger partial charge < -0.3 is 4.84 Å². The van der Waals surface area contributed by atoms with E-state index in [1.807, 2.05) is 0 Å². The zero-order valence-electron chi connectivity index (χ0n) is 13.7. The van der Waals surface area contributed by atoms with Gasteiger partial charge in [-0.3, -0.25) is 20.2 Å². The minimum absolute atomic E-state index is 0.187. The van der Waals surface area contributed by atoms with Crippen molar-refractivity contribution in [2.75, 3.05) is 12.4 Å². The summed E-state index contributed by atoms with van der Waals surface area (Å²) >= 11 is 0. The van der Waals surface area contributed by atoms with Gasteiger partial charge in [-0.05, 0) is 0 Å². The molecule has 16 heteroatoms. The van der Waals surface area contributed by atoms with Gasteiger partial charge >= 0.3 is 11.9 Å². The lowest BCUT2D eigenvalue weighted by atomic mass is 10.1. The van der Waals surface area contributed by atoms with E-state index < -0.39 is 63.0 Å². The van der Waals surface area contributed by atoms with Crippen LogP contribution < -0.4 is 5.32 Å². The van der Waals surface area contributed by atoms with Crippen LogP contribution in [0.2, 0.25) is 0 Å². The quantitative estimate of drug-likeness (QED) is 0.258. The molecule has 1 aromatic carbocycles. The van der Waals surface area contributed by atoms with Gasteiger partial charge in [0.25, 0.3) is 5.91 Å². The lowest BCUT2D eigenvalue weighted by molar-refractivity contribution is -0.384. The summed E-state index contributed by atoms with van der Waals surface area (Å²) in [6, 6.07) is 0. The minimum atomic E-state index is -5.79. The molecule has 156 valence electrons. The number of alkyl halides is 3. The van der Waals surface area contributed by atoms with Gasteiger partial charge in [0, 0.05) is 0 Å². The molecule has 0 bridgehead atoms. The number of anilines is 1. The number of nitro groups is 1. The first-order chi connectivity index (χ1) is 13.4. The molecule has 1 amide bonds. The minimum Gasteiger partial charge on any atom is -0.399 e. The Kier molecular flexibility index (Phi) is 5.75. The Hall–Kier alpha value is -3.72. The highest BCUT2D eigenvalue weighted by molar-refractivity contribution is 6.31. The summed E-state index contributed by atoms with van der Waals surface area (Å²) in [5, 5.41) is 18.8. The van der Waals surface area contributed by atoms with Crippen LogP contribution in [0.4, 0.5) is 42.2 Å². The van der Waals surface area contributed by atoms with Gasteiger partial charge in [-0.1, -0.05) is 5.16 Å². The lowest BCUT2D eigenvalue weighted by Crippen LogP contribution is -2.21. The molecule has 0 unspecified atom stereocenters. The molecule has 0 aliphatic rings. The van der Waals surface area contributed by atoms with Crippen molar-refractivity contribution >= 4 is 23.6 Å². The Balaban J connectivity index is 2.77. The first-order valence-electron chi connectivity index (χ1n) is 6.95. The van der Waals surface area contributed by atoms with E-state index in [4.69, 9.17) is 0 Å². The summed E-state index contributed by atoms with van der Waals surface area (Å²) in [6.07, 6.45) is -5.05. The number of halogens is 7. The molecule has 29 heavy (non-hydrogen) atoms. The highest BCUT2D eigenvalue weighted by atomic mass is 19.4. The van der Waals surface area contributed by atoms with E-state index in [1.165, 1.54) is 0 Å². The summed E-state index contributed by atoms with van der Waals surface area (Å²) in [7, 11) is 1.02. The van der Waals surface area contributed by atoms with Crippen molar-refractivity contribution in [1.29, 1.82) is 0 Å². The number of benzene rings is 1. The molecule has 2 aromatic rings. The maximum absolute atomic E-state index is 14.2. The normalized spacial score (nSPS) is 11.7. The molecule has 0 saturated heterocycles. The number of oxime groups is 1. The lowest BCUT2D eigenvalue weighted by Gasteiger charge is -2.15. The fourth-order valence-corrected chi connectivity index (χ4v) is 2.06. The Morgan fingerprint density at radius 1 is 1.24 bits per heavy atom. The average Bonchev–Trinajstić information content (AvgIpc) is 3.01. The molecule has 0 saturated carbocycles. The van der Waals surface area contributed by atoms with E-state index in [0.717, 1.165) is 7.11 Å². The first kappa shape index (κ1) is 21.6. The Labute approximate surface area is 154 Å². The summed E-state index contributed by atoms with van der Waals surface area (Å²) < 4.78 is 93.8. The van der Waals surface area contributed by atoms with Crippen LogP contribution in [-0.4, -0.2) is 33.9 Å². The molecule has 2 rings (SSSR count). The predicted molar refractivity (Wildman–Crippen MR) is 79.2 cm³/mol. The number of nitrogens with zero attached hydrogens (tertiary/aromatic N) is 4. The Bertz CT molecular complexity index is 989. The molecular formula is C13H6F7N5O4. The van der Waals surface area contributed by atoms with Gasteiger partial charge in [0.1, 0.15) is 30.8 Å². The van der Waals surface area contributed by atoms with Gasteiger partial charge in [0.05, 0.1) is 4.92 Å². The third kappa shape index (κ3) is 3.94. The molecule has 9 nitrogen and oxygen atoms in total. The van der Waals surface area contributed by atoms with Crippen LogP contribution in [0, 0.1) is 33.4 Å². The van der Waals surface area contributed by atoms with Gasteiger partial charge in [-0.25, -0.2) is 22.2 Å².